The number of carbonyl (C=O) groups is 2. The van der Waals surface area contributed by atoms with Crippen molar-refractivity contribution < 1.29 is 9.59 Å². The normalized spacial score (nSPS) is 18.1. The predicted octanol–water partition coefficient (Wildman–Crippen LogP) is 3.90. The minimum Gasteiger partial charge on any atom is -0.318 e. The molecule has 1 unspecified atom stereocenters. The van der Waals surface area contributed by atoms with Crippen LogP contribution in [0.3, 0.4) is 0 Å². The van der Waals surface area contributed by atoms with Gasteiger partial charge in [-0.3, -0.25) is 14.7 Å². The molecule has 1 saturated heterocycles. The van der Waals surface area contributed by atoms with Gasteiger partial charge in [0.15, 0.2) is 5.54 Å². The molecule has 1 atom stereocenters. The number of urea groups is 1. The Morgan fingerprint density at radius 3 is 2.28 bits per heavy atom. The van der Waals surface area contributed by atoms with Crippen LogP contribution < -0.4 is 5.32 Å². The van der Waals surface area contributed by atoms with E-state index in [-0.39, 0.29) is 12.5 Å². The summed E-state index contributed by atoms with van der Waals surface area (Å²) >= 11 is 0. The van der Waals surface area contributed by atoms with E-state index in [0.29, 0.717) is 5.69 Å². The molecule has 0 spiro atoms. The number of aromatic nitrogens is 3. The van der Waals surface area contributed by atoms with Gasteiger partial charge in [0.05, 0.1) is 23.6 Å². The van der Waals surface area contributed by atoms with Crippen LogP contribution >= 0.6 is 0 Å². The zero-order chi connectivity index (χ0) is 22.1. The van der Waals surface area contributed by atoms with E-state index in [1.165, 1.54) is 4.90 Å². The summed E-state index contributed by atoms with van der Waals surface area (Å²) in [5, 5.41) is 7.58. The maximum atomic E-state index is 13.3. The van der Waals surface area contributed by atoms with Crippen molar-refractivity contribution in [3.8, 4) is 16.9 Å². The third kappa shape index (κ3) is 3.33. The summed E-state index contributed by atoms with van der Waals surface area (Å²) in [6.07, 6.45) is 3.48. The number of carbonyl (C=O) groups excluding carboxylic acids is 2. The molecular weight excluding hydrogens is 402 g/mol. The summed E-state index contributed by atoms with van der Waals surface area (Å²) in [4.78, 5) is 31.7. The Morgan fingerprint density at radius 2 is 1.59 bits per heavy atom. The first kappa shape index (κ1) is 19.7. The lowest BCUT2D eigenvalue weighted by Gasteiger charge is -2.20. The van der Waals surface area contributed by atoms with Crippen molar-refractivity contribution in [3.05, 3.63) is 103 Å². The van der Waals surface area contributed by atoms with Gasteiger partial charge < -0.3 is 5.32 Å². The maximum absolute atomic E-state index is 13.3. The number of amides is 3. The van der Waals surface area contributed by atoms with E-state index in [1.54, 1.807) is 36.0 Å². The van der Waals surface area contributed by atoms with Crippen LogP contribution in [0, 0.1) is 0 Å². The number of nitrogens with one attached hydrogen (secondary N) is 1. The molecule has 1 N–H and O–H groups in total. The van der Waals surface area contributed by atoms with E-state index in [2.05, 4.69) is 10.3 Å². The Bertz CT molecular complexity index is 1270. The van der Waals surface area contributed by atoms with Gasteiger partial charge in [0.2, 0.25) is 0 Å². The fourth-order valence-corrected chi connectivity index (χ4v) is 3.92. The number of para-hydroxylation sites is 1. The minimum atomic E-state index is -1.21. The second kappa shape index (κ2) is 7.77. The van der Waals surface area contributed by atoms with E-state index < -0.39 is 11.6 Å². The molecule has 7 heteroatoms. The van der Waals surface area contributed by atoms with E-state index >= 15 is 0 Å². The van der Waals surface area contributed by atoms with Crippen LogP contribution in [0.15, 0.2) is 91.3 Å². The van der Waals surface area contributed by atoms with Gasteiger partial charge in [-0.2, -0.15) is 5.10 Å². The Morgan fingerprint density at radius 1 is 0.906 bits per heavy atom. The van der Waals surface area contributed by atoms with Gasteiger partial charge in [0, 0.05) is 23.5 Å². The Kier molecular flexibility index (Phi) is 4.78. The monoisotopic (exact) mass is 423 g/mol. The fraction of sp³-hybridized carbons (Fsp3) is 0.120. The van der Waals surface area contributed by atoms with Crippen molar-refractivity contribution in [3.63, 3.8) is 0 Å². The summed E-state index contributed by atoms with van der Waals surface area (Å²) in [6, 6.07) is 24.3. The van der Waals surface area contributed by atoms with Crippen molar-refractivity contribution in [2.24, 2.45) is 0 Å². The zero-order valence-electron chi connectivity index (χ0n) is 17.5. The van der Waals surface area contributed by atoms with Crippen molar-refractivity contribution >= 4 is 11.9 Å². The molecule has 3 amide bonds. The first-order valence-corrected chi connectivity index (χ1v) is 10.3. The van der Waals surface area contributed by atoms with E-state index in [4.69, 9.17) is 5.10 Å². The standard InChI is InChI=1S/C25H21N5O2/c1-25(21-14-8-9-15-26-21)23(31)29(24(32)27-25)16-19-17-30(20-12-6-3-7-13-20)28-22(19)18-10-4-2-5-11-18/h2-15,17H,16H2,1H3,(H,27,32). The lowest BCUT2D eigenvalue weighted by molar-refractivity contribution is -0.131. The molecule has 4 aromatic rings. The van der Waals surface area contributed by atoms with Crippen LogP contribution in [0.1, 0.15) is 18.2 Å². The van der Waals surface area contributed by atoms with E-state index in [9.17, 15) is 9.59 Å². The highest BCUT2D eigenvalue weighted by Crippen LogP contribution is 2.31. The molecule has 2 aromatic carbocycles. The van der Waals surface area contributed by atoms with Crippen LogP contribution in [0.4, 0.5) is 4.79 Å². The summed E-state index contributed by atoms with van der Waals surface area (Å²) in [5.74, 6) is -0.340. The van der Waals surface area contributed by atoms with E-state index in [1.807, 2.05) is 66.9 Å². The van der Waals surface area contributed by atoms with Crippen molar-refractivity contribution in [1.29, 1.82) is 0 Å². The van der Waals surface area contributed by atoms with Gasteiger partial charge in [-0.25, -0.2) is 9.48 Å². The first-order chi connectivity index (χ1) is 15.6. The number of imide groups is 1. The number of hydrogen-bond donors (Lipinski definition) is 1. The quantitative estimate of drug-likeness (QED) is 0.494. The molecular formula is C25H21N5O2. The van der Waals surface area contributed by atoms with Crippen LogP contribution in [0.5, 0.6) is 0 Å². The Balaban J connectivity index is 1.53. The van der Waals surface area contributed by atoms with Gasteiger partial charge >= 0.3 is 6.03 Å². The molecule has 0 saturated carbocycles. The Hall–Kier alpha value is -4.26. The molecule has 0 aliphatic carbocycles. The molecule has 32 heavy (non-hydrogen) atoms. The summed E-state index contributed by atoms with van der Waals surface area (Å²) in [5.41, 5.74) is 2.60. The predicted molar refractivity (Wildman–Crippen MR) is 120 cm³/mol. The average Bonchev–Trinajstić information content (AvgIpc) is 3.36. The maximum Gasteiger partial charge on any atom is 0.325 e. The first-order valence-electron chi connectivity index (χ1n) is 10.3. The van der Waals surface area contributed by atoms with Gasteiger partial charge in [-0.1, -0.05) is 54.6 Å². The van der Waals surface area contributed by atoms with Gasteiger partial charge in [-0.15, -0.1) is 0 Å². The highest BCUT2D eigenvalue weighted by atomic mass is 16.2. The van der Waals surface area contributed by atoms with Gasteiger partial charge in [0.1, 0.15) is 0 Å². The molecule has 158 valence electrons. The van der Waals surface area contributed by atoms with Crippen molar-refractivity contribution in [1.82, 2.24) is 25.0 Å². The van der Waals surface area contributed by atoms with Crippen molar-refractivity contribution in [2.75, 3.05) is 0 Å². The molecule has 0 radical (unpaired) electrons. The third-order valence-corrected chi connectivity index (χ3v) is 5.64. The number of pyridine rings is 1. The largest absolute Gasteiger partial charge is 0.325 e. The average molecular weight is 423 g/mol. The number of hydrogen-bond acceptors (Lipinski definition) is 4. The molecule has 1 fully saturated rings. The van der Waals surface area contributed by atoms with Crippen LogP contribution in [-0.4, -0.2) is 31.6 Å². The molecule has 3 heterocycles. The molecule has 0 bridgehead atoms. The SMILES string of the molecule is CC1(c2ccccn2)NC(=O)N(Cc2cn(-c3ccccc3)nc2-c2ccccc2)C1=O. The summed E-state index contributed by atoms with van der Waals surface area (Å²) in [6.45, 7) is 1.78. The topological polar surface area (TPSA) is 80.1 Å². The molecule has 1 aliphatic heterocycles. The molecule has 1 aliphatic rings. The molecule has 5 rings (SSSR count). The van der Waals surface area contributed by atoms with E-state index in [0.717, 1.165) is 22.5 Å². The minimum absolute atomic E-state index is 0.101. The lowest BCUT2D eigenvalue weighted by Crippen LogP contribution is -2.41. The number of rotatable bonds is 5. The highest BCUT2D eigenvalue weighted by molar-refractivity contribution is 6.07. The van der Waals surface area contributed by atoms with Gasteiger partial charge in [-0.05, 0) is 31.2 Å². The molecule has 2 aromatic heterocycles. The summed E-state index contributed by atoms with van der Waals surface area (Å²) in [7, 11) is 0. The van der Waals surface area contributed by atoms with Crippen LogP contribution in [-0.2, 0) is 16.9 Å². The van der Waals surface area contributed by atoms with Gasteiger partial charge in [0.25, 0.3) is 5.91 Å². The lowest BCUT2D eigenvalue weighted by atomic mass is 9.97. The smallest absolute Gasteiger partial charge is 0.318 e. The highest BCUT2D eigenvalue weighted by Gasteiger charge is 2.50. The van der Waals surface area contributed by atoms with Crippen molar-refractivity contribution in [2.45, 2.75) is 19.0 Å². The third-order valence-electron chi connectivity index (χ3n) is 5.64. The molecule has 7 nitrogen and oxygen atoms in total. The van der Waals surface area contributed by atoms with Crippen LogP contribution in [0.2, 0.25) is 0 Å². The second-order valence-electron chi connectivity index (χ2n) is 7.81. The zero-order valence-corrected chi connectivity index (χ0v) is 17.5. The second-order valence-corrected chi connectivity index (χ2v) is 7.81. The number of benzene rings is 2. The fourth-order valence-electron chi connectivity index (χ4n) is 3.92. The van der Waals surface area contributed by atoms with Crippen LogP contribution in [0.25, 0.3) is 16.9 Å². The Labute approximate surface area is 185 Å². The summed E-state index contributed by atoms with van der Waals surface area (Å²) < 4.78 is 1.77. The number of nitrogens with zero attached hydrogens (tertiary/aromatic N) is 4.